The van der Waals surface area contributed by atoms with E-state index in [1.807, 2.05) is 12.4 Å². The molecule has 0 unspecified atom stereocenters. The van der Waals surface area contributed by atoms with Gasteiger partial charge >= 0.3 is 33.3 Å². The Morgan fingerprint density at radius 1 is 0.679 bits per heavy atom. The molecule has 0 saturated heterocycles. The van der Waals surface area contributed by atoms with Crippen molar-refractivity contribution in [2.75, 3.05) is 0 Å². The standard InChI is InChI=1S/C22H22N2S.2ClH.Fe/c1-15-7-16(2)10-19(9-15)23-13-21-5-6-22(25-21)14-24-20-11-17(3)8-18(4)12-20;;;/h5-14H,1-4H3;2*1H;/q;;;+2/p-2. The molecule has 6 heteroatoms. The van der Waals surface area contributed by atoms with Crippen molar-refractivity contribution < 1.29 is 13.1 Å². The second-order valence-electron chi connectivity index (χ2n) is 6.50. The Bertz CT molecular complexity index is 864. The number of thiophene rings is 1. The van der Waals surface area contributed by atoms with Crippen LogP contribution in [0.5, 0.6) is 0 Å². The van der Waals surface area contributed by atoms with Crippen LogP contribution in [0.25, 0.3) is 0 Å². The Labute approximate surface area is 186 Å². The zero-order valence-electron chi connectivity index (χ0n) is 16.2. The molecule has 0 aliphatic rings. The predicted molar refractivity (Wildman–Crippen MR) is 122 cm³/mol. The van der Waals surface area contributed by atoms with Gasteiger partial charge in [-0.15, -0.1) is 11.3 Å². The van der Waals surface area contributed by atoms with Crippen molar-refractivity contribution in [3.05, 3.63) is 80.5 Å². The van der Waals surface area contributed by atoms with E-state index in [2.05, 4.69) is 86.2 Å². The van der Waals surface area contributed by atoms with E-state index in [1.165, 1.54) is 22.3 Å². The second kappa shape index (κ2) is 11.5. The molecule has 3 rings (SSSR count). The van der Waals surface area contributed by atoms with E-state index in [0.717, 1.165) is 21.1 Å². The molecule has 0 radical (unpaired) electrons. The van der Waals surface area contributed by atoms with E-state index >= 15 is 0 Å². The molecule has 2 aromatic carbocycles. The normalized spacial score (nSPS) is 11.2. The summed E-state index contributed by atoms with van der Waals surface area (Å²) in [6.45, 7) is 8.38. The minimum atomic E-state index is 0.194. The monoisotopic (exact) mass is 472 g/mol. The molecule has 0 spiro atoms. The Kier molecular flexibility index (Phi) is 9.43. The third-order valence-electron chi connectivity index (χ3n) is 3.74. The number of hydrogen-bond acceptors (Lipinski definition) is 3. The van der Waals surface area contributed by atoms with Gasteiger partial charge in [0.2, 0.25) is 0 Å². The molecule has 0 saturated carbocycles. The van der Waals surface area contributed by atoms with Gasteiger partial charge in [0.1, 0.15) is 0 Å². The zero-order valence-corrected chi connectivity index (χ0v) is 19.6. The van der Waals surface area contributed by atoms with E-state index in [4.69, 9.17) is 20.2 Å². The van der Waals surface area contributed by atoms with Gasteiger partial charge in [0.05, 0.1) is 11.4 Å². The summed E-state index contributed by atoms with van der Waals surface area (Å²) < 4.78 is 0. The molecule has 0 fully saturated rings. The molecular weight excluding hydrogens is 451 g/mol. The molecule has 0 aliphatic heterocycles. The van der Waals surface area contributed by atoms with Crippen LogP contribution in [0.4, 0.5) is 11.4 Å². The van der Waals surface area contributed by atoms with Crippen molar-refractivity contribution >= 4 is 55.3 Å². The van der Waals surface area contributed by atoms with Gasteiger partial charge in [-0.2, -0.15) is 0 Å². The zero-order chi connectivity index (χ0) is 20.5. The number of aliphatic imine (C=N–C) groups is 2. The van der Waals surface area contributed by atoms with Gasteiger partial charge in [0.25, 0.3) is 0 Å². The van der Waals surface area contributed by atoms with E-state index in [9.17, 15) is 0 Å². The molecule has 28 heavy (non-hydrogen) atoms. The molecule has 0 atom stereocenters. The summed E-state index contributed by atoms with van der Waals surface area (Å²) in [5.41, 5.74) is 6.94. The molecule has 0 amide bonds. The Balaban J connectivity index is 0.000000878. The van der Waals surface area contributed by atoms with Crippen LogP contribution in [0, 0.1) is 27.7 Å². The van der Waals surface area contributed by atoms with Crippen LogP contribution in [0.3, 0.4) is 0 Å². The molecule has 148 valence electrons. The van der Waals surface area contributed by atoms with Gasteiger partial charge in [-0.05, 0) is 86.3 Å². The van der Waals surface area contributed by atoms with Crippen LogP contribution >= 0.6 is 31.5 Å². The Morgan fingerprint density at radius 2 is 1.00 bits per heavy atom. The third-order valence-corrected chi connectivity index (χ3v) is 4.70. The van der Waals surface area contributed by atoms with Crippen molar-refractivity contribution in [1.29, 1.82) is 0 Å². The van der Waals surface area contributed by atoms with E-state index < -0.39 is 0 Å². The summed E-state index contributed by atoms with van der Waals surface area (Å²) in [6, 6.07) is 16.9. The number of benzene rings is 2. The van der Waals surface area contributed by atoms with Crippen molar-refractivity contribution in [2.24, 2.45) is 9.98 Å². The number of halogens is 2. The van der Waals surface area contributed by atoms with E-state index in [0.29, 0.717) is 0 Å². The van der Waals surface area contributed by atoms with Crippen molar-refractivity contribution in [2.45, 2.75) is 27.7 Å². The van der Waals surface area contributed by atoms with E-state index in [-0.39, 0.29) is 13.1 Å². The fourth-order valence-electron chi connectivity index (χ4n) is 2.83. The van der Waals surface area contributed by atoms with Crippen LogP contribution in [0.15, 0.2) is 58.5 Å². The van der Waals surface area contributed by atoms with Crippen molar-refractivity contribution in [3.63, 3.8) is 0 Å². The summed E-state index contributed by atoms with van der Waals surface area (Å²) in [4.78, 5) is 11.4. The second-order valence-corrected chi connectivity index (χ2v) is 9.47. The van der Waals surface area contributed by atoms with Gasteiger partial charge in [-0.25, -0.2) is 0 Å². The van der Waals surface area contributed by atoms with Gasteiger partial charge < -0.3 is 0 Å². The molecule has 0 N–H and O–H groups in total. The molecule has 1 heterocycles. The van der Waals surface area contributed by atoms with Crippen molar-refractivity contribution in [1.82, 2.24) is 0 Å². The number of aryl methyl sites for hydroxylation is 4. The molecule has 1 aromatic heterocycles. The van der Waals surface area contributed by atoms with Gasteiger partial charge in [0.15, 0.2) is 0 Å². The first-order valence-electron chi connectivity index (χ1n) is 8.59. The van der Waals surface area contributed by atoms with Gasteiger partial charge in [-0.3, -0.25) is 9.98 Å². The predicted octanol–water partition coefficient (Wildman–Crippen LogP) is 7.86. The SMILES string of the molecule is Cc1cc(C)cc(N=Cc2ccc(C=Nc3cc(C)cc(C)c3)s2)c1.[Cl][Fe][Cl]. The first-order chi connectivity index (χ1) is 13.4. The summed E-state index contributed by atoms with van der Waals surface area (Å²) in [5.74, 6) is 0. The van der Waals surface area contributed by atoms with Crippen LogP contribution in [-0.4, -0.2) is 12.4 Å². The van der Waals surface area contributed by atoms with Crippen molar-refractivity contribution in [3.8, 4) is 0 Å². The average Bonchev–Trinajstić information content (AvgIpc) is 3.05. The molecule has 0 bridgehead atoms. The van der Waals surface area contributed by atoms with Gasteiger partial charge in [0, 0.05) is 22.2 Å². The topological polar surface area (TPSA) is 24.7 Å². The molecule has 0 aliphatic carbocycles. The van der Waals surface area contributed by atoms with Crippen LogP contribution in [-0.2, 0) is 13.1 Å². The fourth-order valence-corrected chi connectivity index (χ4v) is 3.59. The molecule has 2 nitrogen and oxygen atoms in total. The average molecular weight is 473 g/mol. The van der Waals surface area contributed by atoms with Crippen LogP contribution in [0.1, 0.15) is 32.0 Å². The Morgan fingerprint density at radius 3 is 1.32 bits per heavy atom. The molecule has 3 aromatic rings. The van der Waals surface area contributed by atoms with Crippen LogP contribution < -0.4 is 0 Å². The summed E-state index contributed by atoms with van der Waals surface area (Å²) in [6.07, 6.45) is 3.85. The first kappa shape index (κ1) is 22.9. The Hall–Kier alpha value is -1.42. The first-order valence-corrected chi connectivity index (χ1v) is 12.4. The summed E-state index contributed by atoms with van der Waals surface area (Å²) in [5, 5.41) is 0. The van der Waals surface area contributed by atoms with E-state index in [1.54, 1.807) is 11.3 Å². The van der Waals surface area contributed by atoms with Gasteiger partial charge in [-0.1, -0.05) is 12.1 Å². The third kappa shape index (κ3) is 7.90. The maximum atomic E-state index is 4.76. The maximum absolute atomic E-state index is 4.76. The number of hydrogen-bond donors (Lipinski definition) is 0. The van der Waals surface area contributed by atoms with Crippen LogP contribution in [0.2, 0.25) is 0 Å². The number of nitrogens with zero attached hydrogens (tertiary/aromatic N) is 2. The number of rotatable bonds is 4. The fraction of sp³-hybridized carbons (Fsp3) is 0.182. The quantitative estimate of drug-likeness (QED) is 0.272. The summed E-state index contributed by atoms with van der Waals surface area (Å²) in [7, 11) is 9.53. The minimum absolute atomic E-state index is 0.194. The summed E-state index contributed by atoms with van der Waals surface area (Å²) >= 11 is 1.88. The molecular formula is C22H22Cl2FeN2S.